The molecule has 108 valence electrons. The second-order valence-electron chi connectivity index (χ2n) is 5.18. The minimum Gasteiger partial charge on any atom is -0.485 e. The Labute approximate surface area is 123 Å². The van der Waals surface area contributed by atoms with Crippen LogP contribution in [-0.2, 0) is 6.42 Å². The number of oxime groups is 1. The molecule has 0 spiro atoms. The molecule has 0 fully saturated rings. The number of aryl methyl sites for hydroxylation is 1. The largest absolute Gasteiger partial charge is 0.485 e. The van der Waals surface area contributed by atoms with E-state index in [2.05, 4.69) is 23.4 Å². The fourth-order valence-electron chi connectivity index (χ4n) is 2.82. The molecular weight excluding hydrogens is 264 g/mol. The molecule has 21 heavy (non-hydrogen) atoms. The highest BCUT2D eigenvalue weighted by Gasteiger charge is 2.22. The Kier molecular flexibility index (Phi) is 3.77. The average molecular weight is 282 g/mol. The van der Waals surface area contributed by atoms with Crippen molar-refractivity contribution in [2.75, 3.05) is 0 Å². The van der Waals surface area contributed by atoms with Gasteiger partial charge >= 0.3 is 0 Å². The molecule has 3 N–H and O–H groups in total. The zero-order valence-corrected chi connectivity index (χ0v) is 11.7. The van der Waals surface area contributed by atoms with E-state index in [1.165, 1.54) is 11.1 Å². The van der Waals surface area contributed by atoms with Crippen LogP contribution in [-0.4, -0.2) is 11.0 Å². The summed E-state index contributed by atoms with van der Waals surface area (Å²) in [7, 11) is 0. The SMILES string of the molecule is N/C(=N\O)c1ccccc1OC1CCCc2ccccc21. The predicted octanol–water partition coefficient (Wildman–Crippen LogP) is 3.24. The van der Waals surface area contributed by atoms with Crippen molar-refractivity contribution in [1.82, 2.24) is 0 Å². The van der Waals surface area contributed by atoms with E-state index in [0.29, 0.717) is 11.3 Å². The summed E-state index contributed by atoms with van der Waals surface area (Å²) >= 11 is 0. The number of benzene rings is 2. The summed E-state index contributed by atoms with van der Waals surface area (Å²) in [6, 6.07) is 15.7. The van der Waals surface area contributed by atoms with Crippen LogP contribution < -0.4 is 10.5 Å². The van der Waals surface area contributed by atoms with E-state index in [1.54, 1.807) is 6.07 Å². The number of rotatable bonds is 3. The summed E-state index contributed by atoms with van der Waals surface area (Å²) < 4.78 is 6.16. The number of para-hydroxylation sites is 1. The Balaban J connectivity index is 1.92. The Hall–Kier alpha value is -2.49. The van der Waals surface area contributed by atoms with Crippen molar-refractivity contribution in [3.8, 4) is 5.75 Å². The molecule has 4 heteroatoms. The molecule has 0 heterocycles. The molecule has 0 aliphatic heterocycles. The van der Waals surface area contributed by atoms with Gasteiger partial charge in [-0.1, -0.05) is 41.6 Å². The lowest BCUT2D eigenvalue weighted by molar-refractivity contribution is 0.183. The molecule has 0 amide bonds. The van der Waals surface area contributed by atoms with Crippen molar-refractivity contribution < 1.29 is 9.94 Å². The Bertz CT molecular complexity index is 667. The molecule has 0 radical (unpaired) electrons. The first-order valence-electron chi connectivity index (χ1n) is 7.11. The van der Waals surface area contributed by atoms with Crippen LogP contribution in [0.2, 0.25) is 0 Å². The smallest absolute Gasteiger partial charge is 0.173 e. The van der Waals surface area contributed by atoms with Crippen molar-refractivity contribution in [2.24, 2.45) is 10.9 Å². The van der Waals surface area contributed by atoms with E-state index in [0.717, 1.165) is 19.3 Å². The summed E-state index contributed by atoms with van der Waals surface area (Å²) in [6.07, 6.45) is 3.19. The second kappa shape index (κ2) is 5.87. The van der Waals surface area contributed by atoms with E-state index in [9.17, 15) is 0 Å². The Morgan fingerprint density at radius 3 is 2.76 bits per heavy atom. The van der Waals surface area contributed by atoms with Crippen LogP contribution >= 0.6 is 0 Å². The van der Waals surface area contributed by atoms with Gasteiger partial charge in [-0.2, -0.15) is 0 Å². The molecule has 4 nitrogen and oxygen atoms in total. The van der Waals surface area contributed by atoms with Gasteiger partial charge in [0, 0.05) is 0 Å². The fourth-order valence-corrected chi connectivity index (χ4v) is 2.82. The molecule has 1 atom stereocenters. The Morgan fingerprint density at radius 1 is 1.14 bits per heavy atom. The first-order valence-corrected chi connectivity index (χ1v) is 7.11. The van der Waals surface area contributed by atoms with Crippen molar-refractivity contribution in [3.63, 3.8) is 0 Å². The minimum atomic E-state index is 0.0163. The van der Waals surface area contributed by atoms with Crippen LogP contribution in [0.15, 0.2) is 53.7 Å². The molecular formula is C17H18N2O2. The molecule has 3 rings (SSSR count). The number of fused-ring (bicyclic) bond motifs is 1. The third-order valence-electron chi connectivity index (χ3n) is 3.85. The van der Waals surface area contributed by atoms with Gasteiger partial charge in [0.1, 0.15) is 11.9 Å². The third kappa shape index (κ3) is 2.70. The summed E-state index contributed by atoms with van der Waals surface area (Å²) in [5.74, 6) is 0.712. The zero-order chi connectivity index (χ0) is 14.7. The van der Waals surface area contributed by atoms with Crippen LogP contribution in [0.3, 0.4) is 0 Å². The van der Waals surface area contributed by atoms with Gasteiger partial charge in [0.2, 0.25) is 0 Å². The minimum absolute atomic E-state index is 0.0163. The van der Waals surface area contributed by atoms with E-state index >= 15 is 0 Å². The molecule has 1 aliphatic rings. The van der Waals surface area contributed by atoms with Gasteiger partial charge in [-0.05, 0) is 42.5 Å². The highest BCUT2D eigenvalue weighted by molar-refractivity contribution is 5.99. The predicted molar refractivity (Wildman–Crippen MR) is 81.7 cm³/mol. The van der Waals surface area contributed by atoms with E-state index in [1.807, 2.05) is 24.3 Å². The second-order valence-corrected chi connectivity index (χ2v) is 5.18. The lowest BCUT2D eigenvalue weighted by atomic mass is 9.89. The van der Waals surface area contributed by atoms with Gasteiger partial charge in [-0.25, -0.2) is 0 Å². The molecule has 0 aromatic heterocycles. The summed E-state index contributed by atoms with van der Waals surface area (Å²) in [5.41, 5.74) is 8.91. The van der Waals surface area contributed by atoms with Crippen molar-refractivity contribution >= 4 is 5.84 Å². The highest BCUT2D eigenvalue weighted by Crippen LogP contribution is 2.34. The van der Waals surface area contributed by atoms with Crippen molar-refractivity contribution in [2.45, 2.75) is 25.4 Å². The number of ether oxygens (including phenoxy) is 1. The van der Waals surface area contributed by atoms with Crippen LogP contribution in [0.5, 0.6) is 5.75 Å². The summed E-state index contributed by atoms with van der Waals surface area (Å²) in [6.45, 7) is 0. The molecule has 0 bridgehead atoms. The molecule has 1 unspecified atom stereocenters. The number of nitrogens with zero attached hydrogens (tertiary/aromatic N) is 1. The lowest BCUT2D eigenvalue weighted by Gasteiger charge is -2.27. The number of nitrogens with two attached hydrogens (primary N) is 1. The van der Waals surface area contributed by atoms with E-state index in [-0.39, 0.29) is 11.9 Å². The van der Waals surface area contributed by atoms with Crippen LogP contribution in [0.4, 0.5) is 0 Å². The molecule has 0 saturated carbocycles. The van der Waals surface area contributed by atoms with Gasteiger partial charge in [0.05, 0.1) is 5.56 Å². The maximum Gasteiger partial charge on any atom is 0.173 e. The number of hydrogen-bond acceptors (Lipinski definition) is 3. The van der Waals surface area contributed by atoms with Gasteiger partial charge in [0.25, 0.3) is 0 Å². The van der Waals surface area contributed by atoms with Crippen LogP contribution in [0.25, 0.3) is 0 Å². The average Bonchev–Trinajstić information content (AvgIpc) is 2.55. The fraction of sp³-hybridized carbons (Fsp3) is 0.235. The van der Waals surface area contributed by atoms with Gasteiger partial charge < -0.3 is 15.7 Å². The van der Waals surface area contributed by atoms with Crippen LogP contribution in [0.1, 0.15) is 35.6 Å². The monoisotopic (exact) mass is 282 g/mol. The maximum atomic E-state index is 8.88. The normalized spacial score (nSPS) is 18.1. The summed E-state index contributed by atoms with van der Waals surface area (Å²) in [4.78, 5) is 0. The van der Waals surface area contributed by atoms with Crippen molar-refractivity contribution in [3.05, 3.63) is 65.2 Å². The molecule has 2 aromatic carbocycles. The first-order chi connectivity index (χ1) is 10.3. The standard InChI is InChI=1S/C17H18N2O2/c18-17(19-20)14-9-3-4-10-16(14)21-15-11-5-7-12-6-1-2-8-13(12)15/h1-4,6,8-10,15,20H,5,7,11H2,(H2,18,19). The lowest BCUT2D eigenvalue weighted by Crippen LogP contribution is -2.19. The van der Waals surface area contributed by atoms with Gasteiger partial charge in [0.15, 0.2) is 5.84 Å². The van der Waals surface area contributed by atoms with Crippen LogP contribution in [0, 0.1) is 0 Å². The van der Waals surface area contributed by atoms with Gasteiger partial charge in [-0.15, -0.1) is 0 Å². The highest BCUT2D eigenvalue weighted by atomic mass is 16.5. The molecule has 2 aromatic rings. The third-order valence-corrected chi connectivity index (χ3v) is 3.85. The Morgan fingerprint density at radius 2 is 1.90 bits per heavy atom. The quantitative estimate of drug-likeness (QED) is 0.393. The first kappa shape index (κ1) is 13.5. The molecule has 0 saturated heterocycles. The van der Waals surface area contributed by atoms with Gasteiger partial charge in [-0.3, -0.25) is 0 Å². The maximum absolute atomic E-state index is 8.88. The zero-order valence-electron chi connectivity index (χ0n) is 11.7. The number of amidine groups is 1. The van der Waals surface area contributed by atoms with E-state index in [4.69, 9.17) is 15.7 Å². The summed E-state index contributed by atoms with van der Waals surface area (Å²) in [5, 5.41) is 12.0. The van der Waals surface area contributed by atoms with Crippen molar-refractivity contribution in [1.29, 1.82) is 0 Å². The topological polar surface area (TPSA) is 67.8 Å². The number of hydrogen-bond donors (Lipinski definition) is 2. The molecule has 1 aliphatic carbocycles. The van der Waals surface area contributed by atoms with E-state index < -0.39 is 0 Å².